The van der Waals surface area contributed by atoms with Crippen molar-refractivity contribution in [3.05, 3.63) is 24.0 Å². The summed E-state index contributed by atoms with van der Waals surface area (Å²) in [6.07, 6.45) is 7.92. The number of carbonyl (C=O) groups excluding carboxylic acids is 4. The van der Waals surface area contributed by atoms with Crippen LogP contribution in [0.15, 0.2) is 18.3 Å². The van der Waals surface area contributed by atoms with E-state index in [-0.39, 0.29) is 41.6 Å². The summed E-state index contributed by atoms with van der Waals surface area (Å²) >= 11 is 0. The van der Waals surface area contributed by atoms with Crippen molar-refractivity contribution in [3.8, 4) is 0 Å². The highest BCUT2D eigenvalue weighted by Gasteiger charge is 2.52. The van der Waals surface area contributed by atoms with Crippen molar-refractivity contribution in [2.24, 2.45) is 13.0 Å². The van der Waals surface area contributed by atoms with Gasteiger partial charge in [0.15, 0.2) is 0 Å². The number of likely N-dealkylation sites (tertiary alicyclic amines) is 1. The topological polar surface area (TPSA) is 104 Å². The monoisotopic (exact) mass is 441 g/mol. The van der Waals surface area contributed by atoms with Crippen molar-refractivity contribution in [3.63, 3.8) is 0 Å². The zero-order valence-corrected chi connectivity index (χ0v) is 18.5. The van der Waals surface area contributed by atoms with E-state index in [0.29, 0.717) is 31.6 Å². The molecule has 9 nitrogen and oxygen atoms in total. The van der Waals surface area contributed by atoms with Crippen LogP contribution in [-0.4, -0.2) is 75.3 Å². The van der Waals surface area contributed by atoms with Crippen molar-refractivity contribution >= 4 is 23.6 Å². The average Bonchev–Trinajstić information content (AvgIpc) is 3.50. The summed E-state index contributed by atoms with van der Waals surface area (Å²) in [7, 11) is 1.80. The van der Waals surface area contributed by atoms with Gasteiger partial charge in [0, 0.05) is 38.3 Å². The lowest BCUT2D eigenvalue weighted by Crippen LogP contribution is -2.53. The van der Waals surface area contributed by atoms with Crippen LogP contribution in [-0.2, 0) is 21.4 Å². The Bertz CT molecular complexity index is 937. The maximum atomic E-state index is 13.6. The molecule has 3 aliphatic heterocycles. The predicted molar refractivity (Wildman–Crippen MR) is 115 cm³/mol. The van der Waals surface area contributed by atoms with E-state index in [1.807, 2.05) is 0 Å². The number of rotatable bonds is 3. The summed E-state index contributed by atoms with van der Waals surface area (Å²) in [5, 5.41) is 6.10. The second-order valence-corrected chi connectivity index (χ2v) is 9.63. The molecule has 1 aliphatic carbocycles. The second kappa shape index (κ2) is 8.26. The number of nitrogens with one attached hydrogen (secondary N) is 2. The standard InChI is InChI=1S/C23H31N5O4/c1-26-10-5-8-17(26)22(31)27-11-9-16-19(27)23(32)28-13-15(12-18(28)21(30)25-16)24-20(29)14-6-3-2-4-7-14/h5,8,10,14-16,18-19H,2-4,6-7,9,11-13H2,1H3,(H,24,29)(H,25,30). The predicted octanol–water partition coefficient (Wildman–Crippen LogP) is 0.404. The number of aromatic nitrogens is 1. The second-order valence-electron chi connectivity index (χ2n) is 9.63. The number of fused-ring (bicyclic) bond motifs is 2. The summed E-state index contributed by atoms with van der Waals surface area (Å²) in [6.45, 7) is 0.733. The molecule has 1 saturated carbocycles. The molecule has 4 heterocycles. The molecule has 4 atom stereocenters. The number of carbonyl (C=O) groups is 4. The third-order valence-electron chi connectivity index (χ3n) is 7.61. The SMILES string of the molecule is Cn1cccc1C(=O)N1CCC2NC(=O)C3CC(NC(=O)C4CCCCC4)CN3C(=O)C21. The maximum absolute atomic E-state index is 13.6. The van der Waals surface area contributed by atoms with Crippen LogP contribution < -0.4 is 10.6 Å². The van der Waals surface area contributed by atoms with Crippen molar-refractivity contribution < 1.29 is 19.2 Å². The van der Waals surface area contributed by atoms with Gasteiger partial charge < -0.3 is 25.0 Å². The Balaban J connectivity index is 1.32. The number of aryl methyl sites for hydroxylation is 1. The first-order valence-corrected chi connectivity index (χ1v) is 11.8. The largest absolute Gasteiger partial charge is 0.351 e. The Hall–Kier alpha value is -2.84. The molecule has 32 heavy (non-hydrogen) atoms. The molecule has 0 radical (unpaired) electrons. The Kier molecular flexibility index (Phi) is 5.43. The van der Waals surface area contributed by atoms with Crippen LogP contribution in [0.1, 0.15) is 55.4 Å². The Morgan fingerprint density at radius 3 is 2.62 bits per heavy atom. The van der Waals surface area contributed by atoms with Gasteiger partial charge in [-0.25, -0.2) is 0 Å². The summed E-state index contributed by atoms with van der Waals surface area (Å²) < 4.78 is 1.74. The van der Waals surface area contributed by atoms with E-state index < -0.39 is 12.1 Å². The van der Waals surface area contributed by atoms with Gasteiger partial charge in [-0.3, -0.25) is 19.2 Å². The molecule has 4 fully saturated rings. The average molecular weight is 442 g/mol. The third-order valence-corrected chi connectivity index (χ3v) is 7.61. The van der Waals surface area contributed by atoms with Crippen LogP contribution >= 0.6 is 0 Å². The van der Waals surface area contributed by atoms with Gasteiger partial charge in [-0.05, 0) is 37.8 Å². The van der Waals surface area contributed by atoms with Gasteiger partial charge >= 0.3 is 0 Å². The fraction of sp³-hybridized carbons (Fsp3) is 0.652. The van der Waals surface area contributed by atoms with Crippen LogP contribution in [0.4, 0.5) is 0 Å². The summed E-state index contributed by atoms with van der Waals surface area (Å²) in [5.41, 5.74) is 0.518. The molecule has 1 aromatic rings. The van der Waals surface area contributed by atoms with E-state index in [2.05, 4.69) is 10.6 Å². The molecule has 0 spiro atoms. The molecule has 5 rings (SSSR count). The normalized spacial score (nSPS) is 30.5. The van der Waals surface area contributed by atoms with Crippen LogP contribution in [0.25, 0.3) is 0 Å². The lowest BCUT2D eigenvalue weighted by Gasteiger charge is -2.29. The summed E-state index contributed by atoms with van der Waals surface area (Å²) in [5.74, 6) is -0.514. The molecular formula is C23H31N5O4. The highest BCUT2D eigenvalue weighted by Crippen LogP contribution is 2.31. The fourth-order valence-electron chi connectivity index (χ4n) is 5.87. The van der Waals surface area contributed by atoms with E-state index in [4.69, 9.17) is 0 Å². The van der Waals surface area contributed by atoms with Crippen LogP contribution in [0.5, 0.6) is 0 Å². The highest BCUT2D eigenvalue weighted by atomic mass is 16.2. The van der Waals surface area contributed by atoms with Crippen LogP contribution in [0.2, 0.25) is 0 Å². The van der Waals surface area contributed by atoms with Gasteiger partial charge in [0.05, 0.1) is 6.04 Å². The fourth-order valence-corrected chi connectivity index (χ4v) is 5.87. The Morgan fingerprint density at radius 1 is 1.12 bits per heavy atom. The zero-order chi connectivity index (χ0) is 22.4. The van der Waals surface area contributed by atoms with E-state index in [9.17, 15) is 19.2 Å². The molecule has 4 unspecified atom stereocenters. The Morgan fingerprint density at radius 2 is 1.91 bits per heavy atom. The van der Waals surface area contributed by atoms with Gasteiger partial charge in [-0.15, -0.1) is 0 Å². The van der Waals surface area contributed by atoms with Gasteiger partial charge in [-0.2, -0.15) is 0 Å². The molecule has 4 aliphatic rings. The number of hydrogen-bond donors (Lipinski definition) is 2. The molecule has 4 amide bonds. The molecule has 0 bridgehead atoms. The van der Waals surface area contributed by atoms with Crippen LogP contribution in [0.3, 0.4) is 0 Å². The molecule has 3 saturated heterocycles. The molecule has 9 heteroatoms. The Labute approximate surface area is 187 Å². The first kappa shape index (κ1) is 21.0. The van der Waals surface area contributed by atoms with Crippen LogP contribution in [0, 0.1) is 5.92 Å². The van der Waals surface area contributed by atoms with E-state index >= 15 is 0 Å². The maximum Gasteiger partial charge on any atom is 0.271 e. The first-order valence-electron chi connectivity index (χ1n) is 11.8. The number of amides is 4. The lowest BCUT2D eigenvalue weighted by molar-refractivity contribution is -0.138. The van der Waals surface area contributed by atoms with Crippen molar-refractivity contribution in [2.75, 3.05) is 13.1 Å². The van der Waals surface area contributed by atoms with Gasteiger partial charge in [-0.1, -0.05) is 19.3 Å². The van der Waals surface area contributed by atoms with Gasteiger partial charge in [0.25, 0.3) is 5.91 Å². The van der Waals surface area contributed by atoms with Crippen molar-refractivity contribution in [2.45, 2.75) is 69.1 Å². The first-order chi connectivity index (χ1) is 15.4. The molecule has 0 aromatic carbocycles. The number of hydrogen-bond acceptors (Lipinski definition) is 4. The quantitative estimate of drug-likeness (QED) is 0.709. The number of nitrogens with zero attached hydrogens (tertiary/aromatic N) is 3. The lowest BCUT2D eigenvalue weighted by atomic mass is 9.88. The minimum absolute atomic E-state index is 0.0336. The van der Waals surface area contributed by atoms with E-state index in [1.54, 1.807) is 39.7 Å². The minimum Gasteiger partial charge on any atom is -0.351 e. The minimum atomic E-state index is -0.709. The summed E-state index contributed by atoms with van der Waals surface area (Å²) in [4.78, 5) is 55.6. The zero-order valence-electron chi connectivity index (χ0n) is 18.5. The highest BCUT2D eigenvalue weighted by molar-refractivity contribution is 6.00. The van der Waals surface area contributed by atoms with Gasteiger partial charge in [0.1, 0.15) is 17.8 Å². The van der Waals surface area contributed by atoms with Crippen molar-refractivity contribution in [1.29, 1.82) is 0 Å². The van der Waals surface area contributed by atoms with Gasteiger partial charge in [0.2, 0.25) is 17.7 Å². The van der Waals surface area contributed by atoms with E-state index in [1.165, 1.54) is 6.42 Å². The summed E-state index contributed by atoms with van der Waals surface area (Å²) in [6, 6.07) is 1.62. The molecule has 2 N–H and O–H groups in total. The van der Waals surface area contributed by atoms with E-state index in [0.717, 1.165) is 25.7 Å². The molecule has 1 aromatic heterocycles. The smallest absolute Gasteiger partial charge is 0.271 e. The third kappa shape index (κ3) is 3.57. The van der Waals surface area contributed by atoms with Crippen molar-refractivity contribution in [1.82, 2.24) is 25.0 Å². The molecular weight excluding hydrogens is 410 g/mol. The molecule has 172 valence electrons.